The van der Waals surface area contributed by atoms with Crippen molar-refractivity contribution in [2.45, 2.75) is 18.2 Å². The highest BCUT2D eigenvalue weighted by molar-refractivity contribution is 7.91. The number of hydrogen-bond donors (Lipinski definition) is 0. The molecule has 0 aliphatic rings. The van der Waals surface area contributed by atoms with E-state index in [1.165, 1.54) is 0 Å². The molecule has 14 heavy (non-hydrogen) atoms. The Labute approximate surface area is 85.1 Å². The first kappa shape index (κ1) is 11.0. The van der Waals surface area contributed by atoms with E-state index < -0.39 is 9.84 Å². The zero-order valence-electron chi connectivity index (χ0n) is 8.40. The van der Waals surface area contributed by atoms with Crippen LogP contribution in [0.1, 0.15) is 13.3 Å². The second-order valence-electron chi connectivity index (χ2n) is 3.04. The first-order valence-corrected chi connectivity index (χ1v) is 6.18. The lowest BCUT2D eigenvalue weighted by Crippen LogP contribution is -2.05. The fourth-order valence-corrected chi connectivity index (χ4v) is 2.51. The summed E-state index contributed by atoms with van der Waals surface area (Å²) < 4.78 is 23.2. The molecule has 0 atom stereocenters. The molecule has 0 aliphatic heterocycles. The smallest absolute Gasteiger partial charge is 0.178 e. The van der Waals surface area contributed by atoms with Gasteiger partial charge in [0.2, 0.25) is 0 Å². The summed E-state index contributed by atoms with van der Waals surface area (Å²) in [6.07, 6.45) is 0.641. The molecule has 0 unspecified atom stereocenters. The molecular weight excluding hydrogens is 198 g/mol. The van der Waals surface area contributed by atoms with E-state index in [4.69, 9.17) is 0 Å². The Hall–Kier alpha value is -1.03. The molecule has 0 heterocycles. The second kappa shape index (κ2) is 4.46. The molecular formula is C10H14NO2S. The highest BCUT2D eigenvalue weighted by Crippen LogP contribution is 2.15. The molecule has 0 amide bonds. The molecule has 1 rings (SSSR count). The topological polar surface area (TPSA) is 48.2 Å². The van der Waals surface area contributed by atoms with Gasteiger partial charge < -0.3 is 0 Å². The van der Waals surface area contributed by atoms with Crippen molar-refractivity contribution in [1.29, 1.82) is 0 Å². The number of benzene rings is 1. The Balaban J connectivity index is 2.97. The van der Waals surface area contributed by atoms with Crippen molar-refractivity contribution in [1.82, 2.24) is 5.32 Å². The van der Waals surface area contributed by atoms with Crippen molar-refractivity contribution in [3.63, 3.8) is 0 Å². The van der Waals surface area contributed by atoms with Gasteiger partial charge in [-0.25, -0.2) is 8.42 Å². The molecule has 0 spiro atoms. The summed E-state index contributed by atoms with van der Waals surface area (Å²) in [6, 6.07) is 6.63. The van der Waals surface area contributed by atoms with Crippen LogP contribution in [-0.2, 0) is 9.84 Å². The average molecular weight is 212 g/mol. The molecule has 0 aromatic heterocycles. The van der Waals surface area contributed by atoms with Crippen LogP contribution >= 0.6 is 0 Å². The molecule has 0 N–H and O–H groups in total. The van der Waals surface area contributed by atoms with Crippen LogP contribution < -0.4 is 5.32 Å². The molecule has 0 bridgehead atoms. The van der Waals surface area contributed by atoms with Gasteiger partial charge in [0.05, 0.1) is 16.3 Å². The molecule has 1 aromatic rings. The minimum Gasteiger partial charge on any atom is -0.289 e. The van der Waals surface area contributed by atoms with Crippen LogP contribution in [0.4, 0.5) is 5.69 Å². The minimum atomic E-state index is -3.08. The largest absolute Gasteiger partial charge is 0.289 e. The Kier molecular flexibility index (Phi) is 3.52. The minimum absolute atomic E-state index is 0.204. The Morgan fingerprint density at radius 1 is 1.21 bits per heavy atom. The highest BCUT2D eigenvalue weighted by Gasteiger charge is 2.12. The SMILES string of the molecule is CCCS(=O)(=O)c1ccc([N]C)cc1. The van der Waals surface area contributed by atoms with Gasteiger partial charge in [-0.2, -0.15) is 0 Å². The van der Waals surface area contributed by atoms with Gasteiger partial charge in [0.25, 0.3) is 0 Å². The van der Waals surface area contributed by atoms with Crippen molar-refractivity contribution < 1.29 is 8.42 Å². The third-order valence-electron chi connectivity index (χ3n) is 1.93. The Morgan fingerprint density at radius 2 is 1.79 bits per heavy atom. The van der Waals surface area contributed by atoms with Crippen LogP contribution in [-0.4, -0.2) is 21.2 Å². The van der Waals surface area contributed by atoms with Crippen LogP contribution in [0.15, 0.2) is 29.2 Å². The Bertz CT molecular complexity index is 381. The van der Waals surface area contributed by atoms with Gasteiger partial charge in [0.15, 0.2) is 9.84 Å². The zero-order chi connectivity index (χ0) is 10.6. The molecule has 1 aromatic carbocycles. The van der Waals surface area contributed by atoms with Crippen molar-refractivity contribution in [3.05, 3.63) is 24.3 Å². The van der Waals surface area contributed by atoms with Gasteiger partial charge in [-0.1, -0.05) is 6.92 Å². The van der Waals surface area contributed by atoms with E-state index in [9.17, 15) is 8.42 Å². The second-order valence-corrected chi connectivity index (χ2v) is 5.15. The molecule has 1 radical (unpaired) electrons. The van der Waals surface area contributed by atoms with E-state index in [0.717, 1.165) is 5.69 Å². The molecule has 77 valence electrons. The lowest BCUT2D eigenvalue weighted by Gasteiger charge is -2.03. The van der Waals surface area contributed by atoms with Crippen LogP contribution in [0.3, 0.4) is 0 Å². The zero-order valence-corrected chi connectivity index (χ0v) is 9.21. The maximum Gasteiger partial charge on any atom is 0.178 e. The molecule has 0 aliphatic carbocycles. The summed E-state index contributed by atoms with van der Waals surface area (Å²) >= 11 is 0. The standard InChI is InChI=1S/C10H14NO2S/c1-3-8-14(12,13)10-6-4-9(11-2)5-7-10/h4-7H,3,8H2,1-2H3. The van der Waals surface area contributed by atoms with Crippen LogP contribution in [0.2, 0.25) is 0 Å². The van der Waals surface area contributed by atoms with E-state index >= 15 is 0 Å². The molecule has 3 nitrogen and oxygen atoms in total. The molecule has 0 fully saturated rings. The summed E-state index contributed by atoms with van der Waals surface area (Å²) in [5.41, 5.74) is 0.792. The molecule has 0 saturated heterocycles. The van der Waals surface area contributed by atoms with Gasteiger partial charge >= 0.3 is 0 Å². The molecule has 4 heteroatoms. The third-order valence-corrected chi connectivity index (χ3v) is 3.86. The van der Waals surface area contributed by atoms with Crippen molar-refractivity contribution in [3.8, 4) is 0 Å². The van der Waals surface area contributed by atoms with Crippen LogP contribution in [0, 0.1) is 0 Å². The van der Waals surface area contributed by atoms with Crippen LogP contribution in [0.5, 0.6) is 0 Å². The highest BCUT2D eigenvalue weighted by atomic mass is 32.2. The van der Waals surface area contributed by atoms with Gasteiger partial charge in [0, 0.05) is 7.05 Å². The summed E-state index contributed by atoms with van der Waals surface area (Å²) in [5, 5.41) is 3.94. The predicted octanol–water partition coefficient (Wildman–Crippen LogP) is 1.74. The van der Waals surface area contributed by atoms with Crippen molar-refractivity contribution >= 4 is 15.5 Å². The van der Waals surface area contributed by atoms with Gasteiger partial charge in [-0.3, -0.25) is 5.32 Å². The van der Waals surface area contributed by atoms with Crippen molar-refractivity contribution in [2.24, 2.45) is 0 Å². The number of hydrogen-bond acceptors (Lipinski definition) is 2. The molecule has 0 saturated carbocycles. The summed E-state index contributed by atoms with van der Waals surface area (Å²) in [6.45, 7) is 1.85. The summed E-state index contributed by atoms with van der Waals surface area (Å²) in [4.78, 5) is 0.381. The quantitative estimate of drug-likeness (QED) is 0.763. The normalized spacial score (nSPS) is 11.3. The predicted molar refractivity (Wildman–Crippen MR) is 56.5 cm³/mol. The van der Waals surface area contributed by atoms with E-state index in [-0.39, 0.29) is 5.75 Å². The first-order chi connectivity index (χ1) is 6.60. The third kappa shape index (κ3) is 2.48. The van der Waals surface area contributed by atoms with Gasteiger partial charge in [0.1, 0.15) is 0 Å². The van der Waals surface area contributed by atoms with Gasteiger partial charge in [-0.15, -0.1) is 0 Å². The maximum atomic E-state index is 11.6. The Morgan fingerprint density at radius 3 is 2.21 bits per heavy atom. The fourth-order valence-electron chi connectivity index (χ4n) is 1.19. The lowest BCUT2D eigenvalue weighted by molar-refractivity contribution is 0.594. The van der Waals surface area contributed by atoms with E-state index in [1.807, 2.05) is 6.92 Å². The fraction of sp³-hybridized carbons (Fsp3) is 0.400. The van der Waals surface area contributed by atoms with Crippen LogP contribution in [0.25, 0.3) is 0 Å². The van der Waals surface area contributed by atoms with Crippen molar-refractivity contribution in [2.75, 3.05) is 12.8 Å². The van der Waals surface area contributed by atoms with Gasteiger partial charge in [-0.05, 0) is 30.7 Å². The first-order valence-electron chi connectivity index (χ1n) is 4.53. The average Bonchev–Trinajstić information content (AvgIpc) is 2.18. The lowest BCUT2D eigenvalue weighted by atomic mass is 10.3. The van der Waals surface area contributed by atoms with E-state index in [0.29, 0.717) is 11.3 Å². The number of sulfone groups is 1. The maximum absolute atomic E-state index is 11.6. The summed E-state index contributed by atoms with van der Waals surface area (Å²) in [7, 11) is -1.40. The summed E-state index contributed by atoms with van der Waals surface area (Å²) in [5.74, 6) is 0.204. The number of rotatable bonds is 4. The number of nitrogens with zero attached hydrogens (tertiary/aromatic N) is 1. The monoisotopic (exact) mass is 212 g/mol. The van der Waals surface area contributed by atoms with E-state index in [1.54, 1.807) is 31.3 Å². The van der Waals surface area contributed by atoms with E-state index in [2.05, 4.69) is 5.32 Å².